The number of ether oxygens (including phenoxy) is 3. The third-order valence-electron chi connectivity index (χ3n) is 10.9. The lowest BCUT2D eigenvalue weighted by Crippen LogP contribution is -2.30. The first kappa shape index (κ1) is 59.1. The summed E-state index contributed by atoms with van der Waals surface area (Å²) in [5.41, 5.74) is 0. The van der Waals surface area contributed by atoms with Crippen molar-refractivity contribution in [3.63, 3.8) is 0 Å². The van der Waals surface area contributed by atoms with Gasteiger partial charge in [-0.25, -0.2) is 0 Å². The monoisotopic (exact) mass is 863 g/mol. The van der Waals surface area contributed by atoms with Crippen molar-refractivity contribution in [2.75, 3.05) is 19.8 Å². The summed E-state index contributed by atoms with van der Waals surface area (Å²) < 4.78 is 17.4. The largest absolute Gasteiger partial charge is 0.462 e. The van der Waals surface area contributed by atoms with Crippen LogP contribution in [0.2, 0.25) is 0 Å². The summed E-state index contributed by atoms with van der Waals surface area (Å²) in [6, 6.07) is 0. The van der Waals surface area contributed by atoms with Gasteiger partial charge < -0.3 is 14.2 Å². The van der Waals surface area contributed by atoms with Crippen LogP contribution in [-0.4, -0.2) is 37.9 Å². The summed E-state index contributed by atoms with van der Waals surface area (Å²) in [5, 5.41) is 0. The van der Waals surface area contributed by atoms with E-state index >= 15 is 0 Å². The highest BCUT2D eigenvalue weighted by molar-refractivity contribution is 5.70. The maximum absolute atomic E-state index is 12.8. The summed E-state index contributed by atoms with van der Waals surface area (Å²) in [6.07, 6.45) is 68.8. The van der Waals surface area contributed by atoms with E-state index in [9.17, 15) is 9.59 Å². The SMILES string of the molecule is CC/C=C\C/C=C\C/C=C\C/C=C\C/C=C\CCCC(=O)OCC(COCCCCCCCC/C=C\C/C=C\CCCCC)OC(=O)CCCCCCCCCCCCCCC. The Morgan fingerprint density at radius 2 is 0.742 bits per heavy atom. The molecule has 0 aliphatic heterocycles. The van der Waals surface area contributed by atoms with E-state index in [1.165, 1.54) is 128 Å². The van der Waals surface area contributed by atoms with Crippen molar-refractivity contribution in [1.82, 2.24) is 0 Å². The van der Waals surface area contributed by atoms with E-state index in [0.29, 0.717) is 19.4 Å². The number of hydrogen-bond donors (Lipinski definition) is 0. The second-order valence-corrected chi connectivity index (χ2v) is 17.0. The third kappa shape index (κ3) is 49.7. The van der Waals surface area contributed by atoms with E-state index in [1.54, 1.807) is 0 Å². The number of carbonyl (C=O) groups excluding carboxylic acids is 2. The molecule has 0 aromatic heterocycles. The molecule has 0 spiro atoms. The van der Waals surface area contributed by atoms with Crippen LogP contribution in [0.15, 0.2) is 85.1 Å². The Morgan fingerprint density at radius 3 is 1.24 bits per heavy atom. The zero-order chi connectivity index (χ0) is 44.9. The molecule has 0 saturated heterocycles. The average Bonchev–Trinajstić information content (AvgIpc) is 3.27. The van der Waals surface area contributed by atoms with E-state index in [-0.39, 0.29) is 25.2 Å². The van der Waals surface area contributed by atoms with Gasteiger partial charge in [0.15, 0.2) is 6.10 Å². The van der Waals surface area contributed by atoms with Gasteiger partial charge >= 0.3 is 11.9 Å². The zero-order valence-electron chi connectivity index (χ0n) is 40.9. The molecule has 0 aromatic carbocycles. The lowest BCUT2D eigenvalue weighted by Gasteiger charge is -2.18. The Bertz CT molecular complexity index is 1160. The molecule has 0 aliphatic rings. The highest BCUT2D eigenvalue weighted by atomic mass is 16.6. The lowest BCUT2D eigenvalue weighted by molar-refractivity contribution is -0.163. The van der Waals surface area contributed by atoms with Gasteiger partial charge in [0.05, 0.1) is 6.61 Å². The Balaban J connectivity index is 4.37. The van der Waals surface area contributed by atoms with Crippen LogP contribution in [0.4, 0.5) is 0 Å². The summed E-state index contributed by atoms with van der Waals surface area (Å²) in [7, 11) is 0. The van der Waals surface area contributed by atoms with Gasteiger partial charge in [-0.2, -0.15) is 0 Å². The normalized spacial score (nSPS) is 12.9. The summed E-state index contributed by atoms with van der Waals surface area (Å²) >= 11 is 0. The molecule has 5 nitrogen and oxygen atoms in total. The molecule has 0 aromatic rings. The van der Waals surface area contributed by atoms with Crippen molar-refractivity contribution >= 4 is 11.9 Å². The van der Waals surface area contributed by atoms with Gasteiger partial charge in [0.25, 0.3) is 0 Å². The fraction of sp³-hybridized carbons (Fsp3) is 0.719. The molecule has 5 heteroatoms. The fourth-order valence-corrected chi connectivity index (χ4v) is 7.05. The van der Waals surface area contributed by atoms with E-state index < -0.39 is 6.10 Å². The van der Waals surface area contributed by atoms with E-state index in [0.717, 1.165) is 77.0 Å². The second-order valence-electron chi connectivity index (χ2n) is 17.0. The first-order valence-electron chi connectivity index (χ1n) is 26.1. The highest BCUT2D eigenvalue weighted by Gasteiger charge is 2.17. The molecule has 1 unspecified atom stereocenters. The molecule has 0 heterocycles. The molecule has 0 aliphatic carbocycles. The van der Waals surface area contributed by atoms with Gasteiger partial charge in [-0.1, -0.05) is 221 Å². The van der Waals surface area contributed by atoms with E-state index in [4.69, 9.17) is 14.2 Å². The zero-order valence-corrected chi connectivity index (χ0v) is 40.9. The van der Waals surface area contributed by atoms with Crippen molar-refractivity contribution in [2.45, 2.75) is 245 Å². The minimum atomic E-state index is -0.566. The Kier molecular flexibility index (Phi) is 50.0. The predicted octanol–water partition coefficient (Wildman–Crippen LogP) is 17.7. The molecule has 1 atom stereocenters. The van der Waals surface area contributed by atoms with Gasteiger partial charge in [0.1, 0.15) is 6.61 Å². The number of esters is 2. The molecule has 0 saturated carbocycles. The van der Waals surface area contributed by atoms with Crippen molar-refractivity contribution in [2.24, 2.45) is 0 Å². The number of unbranched alkanes of at least 4 members (excludes halogenated alkanes) is 22. The Hall–Kier alpha value is -2.92. The first-order chi connectivity index (χ1) is 30.6. The third-order valence-corrected chi connectivity index (χ3v) is 10.9. The number of carbonyl (C=O) groups is 2. The van der Waals surface area contributed by atoms with Crippen LogP contribution in [0.1, 0.15) is 239 Å². The van der Waals surface area contributed by atoms with Crippen LogP contribution < -0.4 is 0 Å². The molecule has 0 amide bonds. The minimum Gasteiger partial charge on any atom is -0.462 e. The number of hydrogen-bond acceptors (Lipinski definition) is 5. The van der Waals surface area contributed by atoms with Gasteiger partial charge in [0.2, 0.25) is 0 Å². The van der Waals surface area contributed by atoms with Crippen molar-refractivity contribution in [3.8, 4) is 0 Å². The molecular weight excluding hydrogens is 765 g/mol. The molecule has 0 N–H and O–H groups in total. The van der Waals surface area contributed by atoms with E-state index in [2.05, 4.69) is 106 Å². The minimum absolute atomic E-state index is 0.0501. The van der Waals surface area contributed by atoms with Gasteiger partial charge in [0, 0.05) is 19.4 Å². The van der Waals surface area contributed by atoms with Crippen molar-refractivity contribution in [1.29, 1.82) is 0 Å². The molecular formula is C57H98O5. The molecule has 0 fully saturated rings. The standard InChI is InChI=1S/C57H98O5/c1-4-7-10-13-16-19-22-25-27-29-30-33-35-38-41-44-47-50-56(58)61-54-55(62-57(59)51-48-45-42-39-36-32-24-21-18-15-12-9-6-3)53-60-52-49-46-43-40-37-34-31-28-26-23-20-17-14-11-8-5-2/h7,10,16-17,19-20,25-28,30,33,38,41,55H,4-6,8-9,11-15,18,21-24,29,31-32,34-37,39-40,42-54H2,1-3H3/b10-7-,19-16-,20-17-,27-25-,28-26-,33-30-,41-38-. The Morgan fingerprint density at radius 1 is 0.371 bits per heavy atom. The van der Waals surface area contributed by atoms with Crippen LogP contribution in [0.25, 0.3) is 0 Å². The van der Waals surface area contributed by atoms with Gasteiger partial charge in [-0.15, -0.1) is 0 Å². The Labute approximate surface area is 384 Å². The number of allylic oxidation sites excluding steroid dienone is 14. The van der Waals surface area contributed by atoms with Crippen LogP contribution in [0.5, 0.6) is 0 Å². The second kappa shape index (κ2) is 52.4. The molecule has 62 heavy (non-hydrogen) atoms. The molecule has 0 bridgehead atoms. The smallest absolute Gasteiger partial charge is 0.306 e. The van der Waals surface area contributed by atoms with Crippen molar-refractivity contribution in [3.05, 3.63) is 85.1 Å². The van der Waals surface area contributed by atoms with E-state index in [1.807, 2.05) is 0 Å². The number of rotatable bonds is 47. The van der Waals surface area contributed by atoms with Crippen molar-refractivity contribution < 1.29 is 23.8 Å². The quantitative estimate of drug-likeness (QED) is 0.0346. The summed E-state index contributed by atoms with van der Waals surface area (Å²) in [4.78, 5) is 25.4. The van der Waals surface area contributed by atoms with Crippen LogP contribution in [0.3, 0.4) is 0 Å². The highest BCUT2D eigenvalue weighted by Crippen LogP contribution is 2.14. The molecule has 0 rings (SSSR count). The van der Waals surface area contributed by atoms with Gasteiger partial charge in [-0.05, 0) is 89.9 Å². The maximum atomic E-state index is 12.8. The van der Waals surface area contributed by atoms with Crippen LogP contribution in [-0.2, 0) is 23.8 Å². The summed E-state index contributed by atoms with van der Waals surface area (Å²) in [6.45, 7) is 7.62. The van der Waals surface area contributed by atoms with Crippen LogP contribution in [0, 0.1) is 0 Å². The topological polar surface area (TPSA) is 61.8 Å². The predicted molar refractivity (Wildman–Crippen MR) is 270 cm³/mol. The molecule has 0 radical (unpaired) electrons. The first-order valence-corrected chi connectivity index (χ1v) is 26.1. The van der Waals surface area contributed by atoms with Crippen LogP contribution >= 0.6 is 0 Å². The fourth-order valence-electron chi connectivity index (χ4n) is 7.05. The average molecular weight is 863 g/mol. The van der Waals surface area contributed by atoms with Gasteiger partial charge in [-0.3, -0.25) is 9.59 Å². The molecule has 356 valence electrons. The summed E-state index contributed by atoms with van der Waals surface area (Å²) in [5.74, 6) is -0.468. The maximum Gasteiger partial charge on any atom is 0.306 e. The lowest BCUT2D eigenvalue weighted by atomic mass is 10.0.